The van der Waals surface area contributed by atoms with Gasteiger partial charge < -0.3 is 10.1 Å². The van der Waals surface area contributed by atoms with Gasteiger partial charge in [0.25, 0.3) is 0 Å². The number of benzene rings is 2. The van der Waals surface area contributed by atoms with Crippen molar-refractivity contribution < 1.29 is 4.74 Å². The maximum Gasteiger partial charge on any atom is 0.143 e. The molecule has 0 spiro atoms. The number of methoxy groups -OCH3 is 1. The van der Waals surface area contributed by atoms with Crippen molar-refractivity contribution in [2.45, 2.75) is 0 Å². The van der Waals surface area contributed by atoms with Crippen LogP contribution in [0.25, 0.3) is 21.3 Å². The van der Waals surface area contributed by atoms with E-state index in [2.05, 4.69) is 32.8 Å². The predicted molar refractivity (Wildman–Crippen MR) is 104 cm³/mol. The normalized spacial score (nSPS) is 10.8. The Morgan fingerprint density at radius 2 is 1.92 bits per heavy atom. The molecule has 0 saturated carbocycles. The molecular formula is C19H14ClN3OS. The quantitative estimate of drug-likeness (QED) is 0.497. The highest BCUT2D eigenvalue weighted by atomic mass is 35.5. The van der Waals surface area contributed by atoms with Crippen molar-refractivity contribution in [1.82, 2.24) is 9.97 Å². The molecule has 0 aliphatic rings. The number of anilines is 2. The first-order chi connectivity index (χ1) is 12.3. The summed E-state index contributed by atoms with van der Waals surface area (Å²) in [7, 11) is 1.63. The third kappa shape index (κ3) is 3.04. The molecule has 25 heavy (non-hydrogen) atoms. The second-order valence-electron chi connectivity index (χ2n) is 5.39. The second-order valence-corrected chi connectivity index (χ2v) is 6.68. The van der Waals surface area contributed by atoms with E-state index in [9.17, 15) is 0 Å². The van der Waals surface area contributed by atoms with Crippen molar-refractivity contribution in [2.24, 2.45) is 0 Å². The molecular weight excluding hydrogens is 354 g/mol. The van der Waals surface area contributed by atoms with Crippen molar-refractivity contribution in [2.75, 3.05) is 12.4 Å². The van der Waals surface area contributed by atoms with Crippen LogP contribution >= 0.6 is 22.9 Å². The zero-order chi connectivity index (χ0) is 17.2. The van der Waals surface area contributed by atoms with Crippen LogP contribution in [-0.4, -0.2) is 17.1 Å². The fourth-order valence-corrected chi connectivity index (χ4v) is 3.79. The van der Waals surface area contributed by atoms with Crippen LogP contribution in [0.3, 0.4) is 0 Å². The zero-order valence-electron chi connectivity index (χ0n) is 13.4. The molecule has 0 atom stereocenters. The lowest BCUT2D eigenvalue weighted by atomic mass is 10.1. The largest absolute Gasteiger partial charge is 0.495 e. The molecule has 2 aromatic carbocycles. The molecule has 124 valence electrons. The Balaban J connectivity index is 1.86. The summed E-state index contributed by atoms with van der Waals surface area (Å²) in [5.41, 5.74) is 2.99. The SMILES string of the molecule is COc1ccc(Cl)cc1Nc1ncnc2scc(-c3ccccc3)c12. The molecule has 2 heterocycles. The number of nitrogens with zero attached hydrogens (tertiary/aromatic N) is 2. The second kappa shape index (κ2) is 6.70. The summed E-state index contributed by atoms with van der Waals surface area (Å²) in [5.74, 6) is 1.43. The molecule has 2 aromatic heterocycles. The third-order valence-corrected chi connectivity index (χ3v) is 4.99. The Kier molecular flexibility index (Phi) is 4.26. The number of halogens is 1. The minimum absolute atomic E-state index is 0.627. The number of ether oxygens (including phenoxy) is 1. The summed E-state index contributed by atoms with van der Waals surface area (Å²) in [4.78, 5) is 9.78. The van der Waals surface area contributed by atoms with Crippen LogP contribution in [0.1, 0.15) is 0 Å². The van der Waals surface area contributed by atoms with Crippen molar-refractivity contribution in [3.05, 3.63) is 65.3 Å². The number of rotatable bonds is 4. The van der Waals surface area contributed by atoms with E-state index >= 15 is 0 Å². The summed E-state index contributed by atoms with van der Waals surface area (Å²) in [5, 5.41) is 7.07. The van der Waals surface area contributed by atoms with Gasteiger partial charge in [0.1, 0.15) is 22.7 Å². The first-order valence-corrected chi connectivity index (χ1v) is 8.90. The highest BCUT2D eigenvalue weighted by Crippen LogP contribution is 2.38. The molecule has 0 bridgehead atoms. The summed E-state index contributed by atoms with van der Waals surface area (Å²) in [6.07, 6.45) is 1.56. The summed E-state index contributed by atoms with van der Waals surface area (Å²) in [6, 6.07) is 15.7. The van der Waals surface area contributed by atoms with Gasteiger partial charge in [0.15, 0.2) is 0 Å². The molecule has 1 N–H and O–H groups in total. The van der Waals surface area contributed by atoms with Gasteiger partial charge in [-0.3, -0.25) is 0 Å². The van der Waals surface area contributed by atoms with Gasteiger partial charge in [-0.2, -0.15) is 0 Å². The van der Waals surface area contributed by atoms with Crippen LogP contribution in [-0.2, 0) is 0 Å². The van der Waals surface area contributed by atoms with Gasteiger partial charge in [0, 0.05) is 16.0 Å². The van der Waals surface area contributed by atoms with E-state index in [1.807, 2.05) is 30.3 Å². The van der Waals surface area contributed by atoms with Crippen molar-refractivity contribution >= 4 is 44.7 Å². The van der Waals surface area contributed by atoms with Gasteiger partial charge >= 0.3 is 0 Å². The van der Waals surface area contributed by atoms with Gasteiger partial charge in [-0.25, -0.2) is 9.97 Å². The minimum atomic E-state index is 0.627. The van der Waals surface area contributed by atoms with Gasteiger partial charge in [0.05, 0.1) is 18.2 Å². The topological polar surface area (TPSA) is 47.0 Å². The standard InChI is InChI=1S/C19H14ClN3OS/c1-24-16-8-7-13(20)9-15(16)23-18-17-14(12-5-3-2-4-6-12)10-25-19(17)22-11-21-18/h2-11H,1H3,(H,21,22,23). The number of hydrogen-bond donors (Lipinski definition) is 1. The van der Waals surface area contributed by atoms with Crippen LogP contribution in [0.5, 0.6) is 5.75 Å². The van der Waals surface area contributed by atoms with Crippen LogP contribution < -0.4 is 10.1 Å². The molecule has 6 heteroatoms. The fraction of sp³-hybridized carbons (Fsp3) is 0.0526. The third-order valence-electron chi connectivity index (χ3n) is 3.87. The van der Waals surface area contributed by atoms with Crippen molar-refractivity contribution in [1.29, 1.82) is 0 Å². The van der Waals surface area contributed by atoms with Gasteiger partial charge in [0.2, 0.25) is 0 Å². The highest BCUT2D eigenvalue weighted by Gasteiger charge is 2.14. The molecule has 0 aliphatic heterocycles. The number of fused-ring (bicyclic) bond motifs is 1. The molecule has 0 fully saturated rings. The number of hydrogen-bond acceptors (Lipinski definition) is 5. The van der Waals surface area contributed by atoms with E-state index in [1.165, 1.54) is 0 Å². The Bertz CT molecular complexity index is 1030. The molecule has 0 saturated heterocycles. The van der Waals surface area contributed by atoms with E-state index < -0.39 is 0 Å². The van der Waals surface area contributed by atoms with Crippen LogP contribution in [0.15, 0.2) is 60.2 Å². The smallest absolute Gasteiger partial charge is 0.143 e. The Morgan fingerprint density at radius 3 is 2.72 bits per heavy atom. The van der Waals surface area contributed by atoms with E-state index in [-0.39, 0.29) is 0 Å². The van der Waals surface area contributed by atoms with E-state index in [0.29, 0.717) is 10.8 Å². The minimum Gasteiger partial charge on any atom is -0.495 e. The highest BCUT2D eigenvalue weighted by molar-refractivity contribution is 7.17. The molecule has 4 rings (SSSR count). The lowest BCUT2D eigenvalue weighted by Gasteiger charge is -2.12. The summed E-state index contributed by atoms with van der Waals surface area (Å²) < 4.78 is 5.42. The number of thiophene rings is 1. The van der Waals surface area contributed by atoms with E-state index in [4.69, 9.17) is 16.3 Å². The first-order valence-electron chi connectivity index (χ1n) is 7.64. The fourth-order valence-electron chi connectivity index (χ4n) is 2.71. The first kappa shape index (κ1) is 15.9. The molecule has 0 radical (unpaired) electrons. The predicted octanol–water partition coefficient (Wildman–Crippen LogP) is 5.76. The summed E-state index contributed by atoms with van der Waals surface area (Å²) in [6.45, 7) is 0. The van der Waals surface area contributed by atoms with Gasteiger partial charge in [-0.1, -0.05) is 41.9 Å². The molecule has 4 aromatic rings. The monoisotopic (exact) mass is 367 g/mol. The van der Waals surface area contributed by atoms with Gasteiger partial charge in [-0.15, -0.1) is 11.3 Å². The van der Waals surface area contributed by atoms with E-state index in [0.717, 1.165) is 32.8 Å². The van der Waals surface area contributed by atoms with Crippen molar-refractivity contribution in [3.63, 3.8) is 0 Å². The zero-order valence-corrected chi connectivity index (χ0v) is 14.9. The van der Waals surface area contributed by atoms with Crippen LogP contribution in [0, 0.1) is 0 Å². The lowest BCUT2D eigenvalue weighted by molar-refractivity contribution is 0.417. The number of nitrogens with one attached hydrogen (secondary N) is 1. The maximum atomic E-state index is 6.14. The maximum absolute atomic E-state index is 6.14. The molecule has 4 nitrogen and oxygen atoms in total. The molecule has 0 unspecified atom stereocenters. The average molecular weight is 368 g/mol. The molecule has 0 aliphatic carbocycles. The van der Waals surface area contributed by atoms with Crippen LogP contribution in [0.2, 0.25) is 5.02 Å². The van der Waals surface area contributed by atoms with Gasteiger partial charge in [-0.05, 0) is 23.8 Å². The van der Waals surface area contributed by atoms with E-state index in [1.54, 1.807) is 30.8 Å². The lowest BCUT2D eigenvalue weighted by Crippen LogP contribution is -1.98. The molecule has 0 amide bonds. The average Bonchev–Trinajstić information content (AvgIpc) is 3.08. The van der Waals surface area contributed by atoms with Crippen molar-refractivity contribution in [3.8, 4) is 16.9 Å². The Labute approximate surface area is 154 Å². The van der Waals surface area contributed by atoms with Crippen LogP contribution in [0.4, 0.5) is 11.5 Å². The number of aromatic nitrogens is 2. The summed E-state index contributed by atoms with van der Waals surface area (Å²) >= 11 is 7.74. The Morgan fingerprint density at radius 1 is 1.08 bits per heavy atom. The Hall–Kier alpha value is -2.63.